The van der Waals surface area contributed by atoms with Gasteiger partial charge in [0.05, 0.1) is 0 Å². The third kappa shape index (κ3) is 12.2. The van der Waals surface area contributed by atoms with Crippen LogP contribution >= 0.6 is 0 Å². The minimum absolute atomic E-state index is 0.463. The molecule has 0 aromatic carbocycles. The fraction of sp³-hybridized carbons (Fsp3) is 1.00. The summed E-state index contributed by atoms with van der Waals surface area (Å²) in [6, 6.07) is 1.15. The smallest absolute Gasteiger partial charge is 0.0164 e. The zero-order valence-corrected chi connectivity index (χ0v) is 13.1. The first-order valence-corrected chi connectivity index (χ1v) is 7.17. The fourth-order valence-corrected chi connectivity index (χ4v) is 2.21. The quantitative estimate of drug-likeness (QED) is 0.681. The maximum atomic E-state index is 3.59. The maximum absolute atomic E-state index is 3.59. The predicted molar refractivity (Wildman–Crippen MR) is 78.5 cm³/mol. The third-order valence-electron chi connectivity index (χ3n) is 2.92. The summed E-state index contributed by atoms with van der Waals surface area (Å²) in [6.45, 7) is 18.2. The highest BCUT2D eigenvalue weighted by molar-refractivity contribution is 4.69. The molecule has 17 heavy (non-hydrogen) atoms. The summed E-state index contributed by atoms with van der Waals surface area (Å²) in [4.78, 5) is 0. The Bertz CT molecular complexity index is 182. The van der Waals surface area contributed by atoms with Crippen molar-refractivity contribution in [1.82, 2.24) is 10.6 Å². The summed E-state index contributed by atoms with van der Waals surface area (Å²) >= 11 is 0. The molecule has 0 amide bonds. The third-order valence-corrected chi connectivity index (χ3v) is 2.92. The Labute approximate surface area is 109 Å². The molecule has 0 saturated heterocycles. The van der Waals surface area contributed by atoms with Crippen LogP contribution in [0.1, 0.15) is 61.3 Å². The molecule has 2 unspecified atom stereocenters. The van der Waals surface area contributed by atoms with Gasteiger partial charge in [0.15, 0.2) is 0 Å². The minimum atomic E-state index is 0.463. The average molecular weight is 242 g/mol. The van der Waals surface area contributed by atoms with Gasteiger partial charge in [-0.05, 0) is 37.6 Å². The largest absolute Gasteiger partial charge is 0.313 e. The molecular formula is C15H34N2. The lowest BCUT2D eigenvalue weighted by molar-refractivity contribution is 0.292. The second kappa shape index (κ2) is 8.10. The lowest BCUT2D eigenvalue weighted by atomic mass is 9.84. The van der Waals surface area contributed by atoms with Crippen LogP contribution < -0.4 is 10.6 Å². The van der Waals surface area contributed by atoms with E-state index in [-0.39, 0.29) is 0 Å². The van der Waals surface area contributed by atoms with E-state index in [1.54, 1.807) is 0 Å². The standard InChI is InChI=1S/C15H34N2/c1-12(2)17-11-14(4)16-9-8-13(3)10-15(5,6)7/h12-14,16-17H,8-11H2,1-7H3. The van der Waals surface area contributed by atoms with Crippen LogP contribution in [0.25, 0.3) is 0 Å². The molecule has 0 aliphatic heterocycles. The molecule has 2 heteroatoms. The summed E-state index contributed by atoms with van der Waals surface area (Å²) in [5, 5.41) is 7.05. The highest BCUT2D eigenvalue weighted by Crippen LogP contribution is 2.25. The molecule has 0 aliphatic carbocycles. The monoisotopic (exact) mass is 242 g/mol. The molecule has 2 nitrogen and oxygen atoms in total. The van der Waals surface area contributed by atoms with E-state index < -0.39 is 0 Å². The predicted octanol–water partition coefficient (Wildman–Crippen LogP) is 3.42. The first kappa shape index (κ1) is 16.9. The van der Waals surface area contributed by atoms with Gasteiger partial charge in [-0.2, -0.15) is 0 Å². The first-order valence-electron chi connectivity index (χ1n) is 7.17. The number of hydrogen-bond acceptors (Lipinski definition) is 2. The number of hydrogen-bond donors (Lipinski definition) is 2. The van der Waals surface area contributed by atoms with Crippen LogP contribution in [0.3, 0.4) is 0 Å². The van der Waals surface area contributed by atoms with Crippen LogP contribution in [0.2, 0.25) is 0 Å². The van der Waals surface area contributed by atoms with Crippen LogP contribution in [0.5, 0.6) is 0 Å². The van der Waals surface area contributed by atoms with Crippen molar-refractivity contribution in [3.8, 4) is 0 Å². The van der Waals surface area contributed by atoms with Gasteiger partial charge >= 0.3 is 0 Å². The Balaban J connectivity index is 3.55. The van der Waals surface area contributed by atoms with Crippen molar-refractivity contribution in [2.24, 2.45) is 11.3 Å². The maximum Gasteiger partial charge on any atom is 0.0164 e. The zero-order chi connectivity index (χ0) is 13.5. The van der Waals surface area contributed by atoms with E-state index in [4.69, 9.17) is 0 Å². The van der Waals surface area contributed by atoms with Crippen molar-refractivity contribution in [3.05, 3.63) is 0 Å². The second-order valence-corrected chi connectivity index (χ2v) is 7.08. The molecule has 0 spiro atoms. The molecular weight excluding hydrogens is 208 g/mol. The van der Waals surface area contributed by atoms with Gasteiger partial charge in [-0.1, -0.05) is 41.5 Å². The molecule has 0 saturated carbocycles. The first-order chi connectivity index (χ1) is 7.70. The molecule has 104 valence electrons. The van der Waals surface area contributed by atoms with Gasteiger partial charge < -0.3 is 10.6 Å². The SMILES string of the molecule is CC(CCNC(C)CNC(C)C)CC(C)(C)C. The number of nitrogens with one attached hydrogen (secondary N) is 2. The Morgan fingerprint density at radius 3 is 2.00 bits per heavy atom. The summed E-state index contributed by atoms with van der Waals surface area (Å²) in [7, 11) is 0. The van der Waals surface area contributed by atoms with E-state index in [2.05, 4.69) is 59.1 Å². The minimum Gasteiger partial charge on any atom is -0.313 e. The van der Waals surface area contributed by atoms with Crippen LogP contribution in [0, 0.1) is 11.3 Å². The zero-order valence-electron chi connectivity index (χ0n) is 13.1. The summed E-state index contributed by atoms with van der Waals surface area (Å²) in [5.41, 5.74) is 0.463. The van der Waals surface area contributed by atoms with E-state index in [0.29, 0.717) is 17.5 Å². The van der Waals surface area contributed by atoms with Gasteiger partial charge in [0.25, 0.3) is 0 Å². The van der Waals surface area contributed by atoms with Crippen molar-refractivity contribution >= 4 is 0 Å². The molecule has 0 aromatic rings. The van der Waals surface area contributed by atoms with Crippen molar-refractivity contribution in [3.63, 3.8) is 0 Å². The molecule has 2 atom stereocenters. The molecule has 0 heterocycles. The van der Waals surface area contributed by atoms with Crippen molar-refractivity contribution in [1.29, 1.82) is 0 Å². The molecule has 2 N–H and O–H groups in total. The molecule has 0 aromatic heterocycles. The van der Waals surface area contributed by atoms with Crippen LogP contribution in [0.4, 0.5) is 0 Å². The average Bonchev–Trinajstić information content (AvgIpc) is 2.11. The molecule has 0 aliphatic rings. The Hall–Kier alpha value is -0.0800. The van der Waals surface area contributed by atoms with E-state index >= 15 is 0 Å². The van der Waals surface area contributed by atoms with Crippen LogP contribution in [0.15, 0.2) is 0 Å². The topological polar surface area (TPSA) is 24.1 Å². The van der Waals surface area contributed by atoms with E-state index in [1.807, 2.05) is 0 Å². The van der Waals surface area contributed by atoms with Gasteiger partial charge in [-0.15, -0.1) is 0 Å². The van der Waals surface area contributed by atoms with Crippen LogP contribution in [-0.2, 0) is 0 Å². The van der Waals surface area contributed by atoms with Gasteiger partial charge in [0.2, 0.25) is 0 Å². The fourth-order valence-electron chi connectivity index (χ4n) is 2.21. The van der Waals surface area contributed by atoms with Gasteiger partial charge in [0.1, 0.15) is 0 Å². The van der Waals surface area contributed by atoms with Crippen molar-refractivity contribution in [2.75, 3.05) is 13.1 Å². The Morgan fingerprint density at radius 2 is 1.53 bits per heavy atom. The highest BCUT2D eigenvalue weighted by Gasteiger charge is 2.15. The van der Waals surface area contributed by atoms with Crippen LogP contribution in [-0.4, -0.2) is 25.2 Å². The summed E-state index contributed by atoms with van der Waals surface area (Å²) < 4.78 is 0. The Kier molecular flexibility index (Phi) is 8.06. The highest BCUT2D eigenvalue weighted by atomic mass is 15.0. The van der Waals surface area contributed by atoms with E-state index in [0.717, 1.165) is 19.0 Å². The van der Waals surface area contributed by atoms with Gasteiger partial charge in [-0.25, -0.2) is 0 Å². The molecule has 0 rings (SSSR count). The lowest BCUT2D eigenvalue weighted by Gasteiger charge is -2.24. The molecule has 0 radical (unpaired) electrons. The van der Waals surface area contributed by atoms with E-state index in [9.17, 15) is 0 Å². The summed E-state index contributed by atoms with van der Waals surface area (Å²) in [5.74, 6) is 0.813. The molecule has 0 fully saturated rings. The van der Waals surface area contributed by atoms with E-state index in [1.165, 1.54) is 12.8 Å². The van der Waals surface area contributed by atoms with Crippen molar-refractivity contribution in [2.45, 2.75) is 73.4 Å². The molecule has 0 bridgehead atoms. The van der Waals surface area contributed by atoms with Gasteiger partial charge in [0, 0.05) is 18.6 Å². The summed E-state index contributed by atoms with van der Waals surface area (Å²) in [6.07, 6.45) is 2.59. The van der Waals surface area contributed by atoms with Crippen molar-refractivity contribution < 1.29 is 0 Å². The Morgan fingerprint density at radius 1 is 0.941 bits per heavy atom. The normalized spacial score (nSPS) is 16.2. The second-order valence-electron chi connectivity index (χ2n) is 7.08. The lowest BCUT2D eigenvalue weighted by Crippen LogP contribution is -2.39. The number of rotatable bonds is 8. The van der Waals surface area contributed by atoms with Gasteiger partial charge in [-0.3, -0.25) is 0 Å².